The van der Waals surface area contributed by atoms with E-state index < -0.39 is 35.2 Å². The average molecular weight is 757 g/mol. The molecule has 0 bridgehead atoms. The fourth-order valence-electron chi connectivity index (χ4n) is 5.76. The first kappa shape index (κ1) is 47.6. The molecule has 1 aromatic carbocycles. The van der Waals surface area contributed by atoms with Gasteiger partial charge in [-0.1, -0.05) is 63.3 Å². The van der Waals surface area contributed by atoms with Gasteiger partial charge in [0.05, 0.1) is 5.16 Å². The van der Waals surface area contributed by atoms with Crippen LogP contribution in [0.4, 0.5) is 0 Å². The van der Waals surface area contributed by atoms with E-state index in [-0.39, 0.29) is 5.16 Å². The second-order valence-corrected chi connectivity index (χ2v) is 22.3. The van der Waals surface area contributed by atoms with Crippen molar-refractivity contribution in [2.75, 3.05) is 82.3 Å². The lowest BCUT2D eigenvalue weighted by molar-refractivity contribution is 0.0310. The molecule has 0 aliphatic rings. The zero-order chi connectivity index (χ0) is 36.5. The Morgan fingerprint density at radius 2 is 0.729 bits per heavy atom. The van der Waals surface area contributed by atoms with Crippen LogP contribution in [0.25, 0.3) is 0 Å². The van der Waals surface area contributed by atoms with E-state index >= 15 is 0 Å². The Kier molecular flexibility index (Phi) is 26.2. The summed E-state index contributed by atoms with van der Waals surface area (Å²) < 4.78 is 71.0. The number of rotatable bonds is 28. The highest BCUT2D eigenvalue weighted by Crippen LogP contribution is 2.41. The molecule has 0 heterocycles. The second-order valence-electron chi connectivity index (χ2n) is 10.4. The molecule has 0 atom stereocenters. The fraction of sp³-hybridized carbons (Fsp3) is 0.812. The van der Waals surface area contributed by atoms with E-state index in [0.717, 1.165) is 23.2 Å². The maximum absolute atomic E-state index is 6.28. The first-order valence-electron chi connectivity index (χ1n) is 17.4. The van der Waals surface area contributed by atoms with Gasteiger partial charge in [0.1, 0.15) is 0 Å². The summed E-state index contributed by atoms with van der Waals surface area (Å²) >= 11 is 0. The summed E-state index contributed by atoms with van der Waals surface area (Å²) in [6.45, 7) is 17.4. The Labute approximate surface area is 296 Å². The average Bonchev–Trinajstić information content (AvgIpc) is 3.10. The molecule has 1 rings (SSSR count). The van der Waals surface area contributed by atoms with Crippen LogP contribution in [0.3, 0.4) is 0 Å². The molecule has 0 saturated carbocycles. The molecule has 0 aliphatic heterocycles. The minimum atomic E-state index is -3.05. The zero-order valence-corrected chi connectivity index (χ0v) is 36.3. The molecule has 0 aromatic heterocycles. The third-order valence-corrected chi connectivity index (χ3v) is 21.9. The molecule has 0 spiro atoms. The van der Waals surface area contributed by atoms with Crippen molar-refractivity contribution < 1.29 is 53.1 Å². The van der Waals surface area contributed by atoms with Gasteiger partial charge in [-0.2, -0.15) is 0 Å². The van der Waals surface area contributed by atoms with E-state index in [1.165, 1.54) is 25.7 Å². The second kappa shape index (κ2) is 26.4. The molecule has 16 heteroatoms. The van der Waals surface area contributed by atoms with Gasteiger partial charge in [-0.15, -0.1) is 0 Å². The van der Waals surface area contributed by atoms with Gasteiger partial charge in [-0.05, 0) is 48.0 Å². The first-order valence-corrected chi connectivity index (χ1v) is 24.4. The Balaban J connectivity index is 0.000000970. The van der Waals surface area contributed by atoms with E-state index in [1.54, 1.807) is 42.7 Å². The predicted molar refractivity (Wildman–Crippen MR) is 198 cm³/mol. The van der Waals surface area contributed by atoms with Crippen molar-refractivity contribution in [2.24, 2.45) is 0 Å². The normalized spacial score (nSPS) is 12.8. The van der Waals surface area contributed by atoms with Gasteiger partial charge in [0.2, 0.25) is 0 Å². The molecule has 284 valence electrons. The van der Waals surface area contributed by atoms with E-state index in [1.807, 2.05) is 65.8 Å². The van der Waals surface area contributed by atoms with Crippen LogP contribution >= 0.6 is 0 Å². The lowest BCUT2D eigenvalue weighted by Gasteiger charge is -2.42. The van der Waals surface area contributed by atoms with Gasteiger partial charge in [0, 0.05) is 92.7 Å². The Hall–Kier alpha value is -0.392. The molecule has 0 fully saturated rings. The Morgan fingerprint density at radius 1 is 0.438 bits per heavy atom. The summed E-state index contributed by atoms with van der Waals surface area (Å²) in [5.41, 5.74) is 0. The molecule has 0 radical (unpaired) electrons. The molecule has 0 N–H and O–H groups in total. The first-order chi connectivity index (χ1) is 23.1. The number of hydrogen-bond acceptors (Lipinski definition) is 12. The molecule has 12 nitrogen and oxygen atoms in total. The van der Waals surface area contributed by atoms with E-state index in [2.05, 4.69) is 6.92 Å². The van der Waals surface area contributed by atoms with Crippen LogP contribution < -0.4 is 10.4 Å². The van der Waals surface area contributed by atoms with Crippen LogP contribution in [-0.2, 0) is 53.1 Å². The topological polar surface area (TPSA) is 111 Å². The monoisotopic (exact) mass is 756 g/mol. The van der Waals surface area contributed by atoms with Crippen LogP contribution in [0.15, 0.2) is 24.3 Å². The molecule has 0 saturated heterocycles. The van der Waals surface area contributed by atoms with E-state index in [4.69, 9.17) is 53.1 Å². The lowest BCUT2D eigenvalue weighted by Crippen LogP contribution is -2.68. The van der Waals surface area contributed by atoms with Gasteiger partial charge in [-0.25, -0.2) is 0 Å². The van der Waals surface area contributed by atoms with Crippen molar-refractivity contribution >= 4 is 45.6 Å². The maximum Gasteiger partial charge on any atom is 0.536 e. The van der Waals surface area contributed by atoms with Crippen molar-refractivity contribution in [3.8, 4) is 0 Å². The van der Waals surface area contributed by atoms with Crippen molar-refractivity contribution in [3.63, 3.8) is 0 Å². The fourth-order valence-corrected chi connectivity index (χ4v) is 18.9. The lowest BCUT2D eigenvalue weighted by atomic mass is 10.1. The molecular weight excluding hydrogens is 689 g/mol. The van der Waals surface area contributed by atoms with Gasteiger partial charge >= 0.3 is 35.2 Å². The highest BCUT2D eigenvalue weighted by molar-refractivity contribution is 6.86. The molecule has 0 unspecified atom stereocenters. The van der Waals surface area contributed by atoms with Crippen LogP contribution in [0.1, 0.15) is 87.0 Å². The predicted octanol–water partition coefficient (Wildman–Crippen LogP) is 5.21. The van der Waals surface area contributed by atoms with Crippen LogP contribution in [0.2, 0.25) is 5.16 Å². The summed E-state index contributed by atoms with van der Waals surface area (Å²) in [5.74, 6) is 0. The van der Waals surface area contributed by atoms with Crippen molar-refractivity contribution in [1.82, 2.24) is 0 Å². The van der Waals surface area contributed by atoms with Crippen molar-refractivity contribution in [1.29, 1.82) is 0 Å². The third-order valence-electron chi connectivity index (χ3n) is 7.72. The summed E-state index contributed by atoms with van der Waals surface area (Å²) in [6, 6.07) is 7.54. The van der Waals surface area contributed by atoms with Crippen molar-refractivity contribution in [2.45, 2.75) is 92.2 Å². The highest BCUT2D eigenvalue weighted by atomic mass is 28.5. The van der Waals surface area contributed by atoms with Gasteiger partial charge in [0.15, 0.2) is 0 Å². The van der Waals surface area contributed by atoms with E-state index in [0.29, 0.717) is 39.6 Å². The summed E-state index contributed by atoms with van der Waals surface area (Å²) in [6.07, 6.45) is 6.85. The smallest absolute Gasteiger partial charge is 0.374 e. The standard InChI is InChI=1S/C20H46O6Si2.C12H22O6Si2/c1-8-15-16-17-18-19-20(27(21-9-2,22-10-3)23-11-4)28(24-12-5,25-13-6)26-14-7;1-13-19(14-2,15-3)11-9-7-8-10-12(11)20(16-4,17-5)18-6/h20H,8-19H2,1-7H3;7-10H,1-6H3. The molecular formula is C32H68O12Si4. The highest BCUT2D eigenvalue weighted by Gasteiger charge is 2.65. The van der Waals surface area contributed by atoms with E-state index in [9.17, 15) is 0 Å². The minimum absolute atomic E-state index is 0.110. The Morgan fingerprint density at radius 3 is 0.979 bits per heavy atom. The summed E-state index contributed by atoms with van der Waals surface area (Å²) in [4.78, 5) is 0. The third kappa shape index (κ3) is 13.0. The quantitative estimate of drug-likeness (QED) is 0.0828. The van der Waals surface area contributed by atoms with Crippen molar-refractivity contribution in [3.05, 3.63) is 24.3 Å². The minimum Gasteiger partial charge on any atom is -0.374 e. The van der Waals surface area contributed by atoms with Gasteiger partial charge in [0.25, 0.3) is 0 Å². The summed E-state index contributed by atoms with van der Waals surface area (Å²) in [7, 11) is -2.74. The molecule has 0 aliphatic carbocycles. The maximum atomic E-state index is 6.28. The number of benzene rings is 1. The SMILES string of the molecule is CCCCCCCC([Si](OCC)(OCC)OCC)[Si](OCC)(OCC)OCC.CO[Si](OC)(OC)c1ccccc1[Si](OC)(OC)OC. The molecule has 0 amide bonds. The largest absolute Gasteiger partial charge is 0.536 e. The number of unbranched alkanes of at least 4 members (excludes halogenated alkanes) is 4. The van der Waals surface area contributed by atoms with Gasteiger partial charge in [-0.3, -0.25) is 0 Å². The molecule has 1 aromatic rings. The van der Waals surface area contributed by atoms with Gasteiger partial charge < -0.3 is 53.1 Å². The van der Waals surface area contributed by atoms with Crippen LogP contribution in [0, 0.1) is 0 Å². The molecule has 48 heavy (non-hydrogen) atoms. The van der Waals surface area contributed by atoms with Crippen LogP contribution in [-0.4, -0.2) is 118 Å². The van der Waals surface area contributed by atoms with Crippen LogP contribution in [0.5, 0.6) is 0 Å². The Bertz CT molecular complexity index is 809. The number of hydrogen-bond donors (Lipinski definition) is 0. The zero-order valence-electron chi connectivity index (χ0n) is 32.3. The summed E-state index contributed by atoms with van der Waals surface area (Å²) in [5, 5.41) is 1.45.